The SMILES string of the molecule is N/C=C(\C=NC1CCN(C2CCC23CCC3)CC1)Cc1ccc2c3c(cccc13)C(=O)N2C1CCC(=O)NC1=O. The number of likely N-dealkylation sites (tertiary alicyclic amines) is 1. The van der Waals surface area contributed by atoms with E-state index < -0.39 is 11.9 Å². The second-order valence-electron chi connectivity index (χ2n) is 12.3. The summed E-state index contributed by atoms with van der Waals surface area (Å²) in [5, 5.41) is 4.22. The van der Waals surface area contributed by atoms with Gasteiger partial charge in [0.05, 0.1) is 11.7 Å². The van der Waals surface area contributed by atoms with Crippen LogP contribution >= 0.6 is 0 Å². The Kier molecular flexibility index (Phi) is 6.26. The maximum absolute atomic E-state index is 13.4. The molecule has 2 aromatic rings. The van der Waals surface area contributed by atoms with Gasteiger partial charge in [0.25, 0.3) is 5.91 Å². The molecule has 2 aliphatic carbocycles. The van der Waals surface area contributed by atoms with Crippen molar-refractivity contribution in [2.75, 3.05) is 18.0 Å². The fourth-order valence-electron chi connectivity index (χ4n) is 7.84. The molecule has 7 rings (SSSR count). The maximum atomic E-state index is 13.4. The highest BCUT2D eigenvalue weighted by molar-refractivity contribution is 6.27. The molecule has 40 heavy (non-hydrogen) atoms. The number of amides is 3. The lowest BCUT2D eigenvalue weighted by atomic mass is 9.52. The van der Waals surface area contributed by atoms with E-state index in [0.29, 0.717) is 29.9 Å². The number of allylic oxidation sites excluding steroid dienone is 1. The van der Waals surface area contributed by atoms with Crippen molar-refractivity contribution in [1.82, 2.24) is 10.2 Å². The number of nitrogens with zero attached hydrogens (tertiary/aromatic N) is 3. The highest BCUT2D eigenvalue weighted by Gasteiger charge is 2.53. The number of anilines is 1. The van der Waals surface area contributed by atoms with Crippen LogP contribution in [0.15, 0.2) is 47.1 Å². The lowest BCUT2D eigenvalue weighted by Gasteiger charge is -2.60. The molecular formula is C32H37N5O3. The first-order valence-electron chi connectivity index (χ1n) is 14.9. The van der Waals surface area contributed by atoms with Gasteiger partial charge in [0.15, 0.2) is 0 Å². The van der Waals surface area contributed by atoms with E-state index in [1.165, 1.54) is 32.1 Å². The number of carbonyl (C=O) groups is 3. The van der Waals surface area contributed by atoms with Gasteiger partial charge in [-0.15, -0.1) is 0 Å². The maximum Gasteiger partial charge on any atom is 0.259 e. The molecule has 2 aromatic carbocycles. The van der Waals surface area contributed by atoms with Crippen molar-refractivity contribution in [2.45, 2.75) is 82.3 Å². The summed E-state index contributed by atoms with van der Waals surface area (Å²) >= 11 is 0. The Morgan fingerprint density at radius 1 is 1.05 bits per heavy atom. The van der Waals surface area contributed by atoms with Crippen LogP contribution in [0.25, 0.3) is 10.8 Å². The summed E-state index contributed by atoms with van der Waals surface area (Å²) in [6, 6.07) is 10.1. The first kappa shape index (κ1) is 25.4. The van der Waals surface area contributed by atoms with Crippen LogP contribution in [-0.4, -0.2) is 60.1 Å². The molecule has 2 atom stereocenters. The number of nitrogens with one attached hydrogen (secondary N) is 1. The third kappa shape index (κ3) is 4.07. The number of nitrogens with two attached hydrogens (primary N) is 1. The molecule has 8 heteroatoms. The molecule has 2 saturated heterocycles. The normalized spacial score (nSPS) is 26.9. The minimum atomic E-state index is -0.687. The molecule has 0 radical (unpaired) electrons. The zero-order chi connectivity index (χ0) is 27.4. The topological polar surface area (TPSA) is 108 Å². The number of rotatable bonds is 6. The molecule has 1 spiro atoms. The van der Waals surface area contributed by atoms with Crippen LogP contribution in [-0.2, 0) is 16.0 Å². The smallest absolute Gasteiger partial charge is 0.259 e. The molecule has 3 amide bonds. The summed E-state index contributed by atoms with van der Waals surface area (Å²) in [4.78, 5) is 47.0. The van der Waals surface area contributed by atoms with Gasteiger partial charge in [-0.2, -0.15) is 0 Å². The summed E-state index contributed by atoms with van der Waals surface area (Å²) < 4.78 is 0. The summed E-state index contributed by atoms with van der Waals surface area (Å²) in [7, 11) is 0. The Balaban J connectivity index is 1.06. The number of aliphatic imine (C=N–C) groups is 1. The van der Waals surface area contributed by atoms with E-state index in [1.54, 1.807) is 11.1 Å². The summed E-state index contributed by atoms with van der Waals surface area (Å²) in [5.74, 6) is -0.903. The van der Waals surface area contributed by atoms with Crippen LogP contribution in [0.1, 0.15) is 73.7 Å². The predicted molar refractivity (Wildman–Crippen MR) is 155 cm³/mol. The van der Waals surface area contributed by atoms with Crippen LogP contribution in [0.3, 0.4) is 0 Å². The van der Waals surface area contributed by atoms with E-state index in [0.717, 1.165) is 59.6 Å². The standard InChI is InChI=1S/C32H37N5O3/c33-18-20(19-34-22-10-15-36(16-11-22)27-9-14-32(27)12-2-13-32)17-21-5-6-25-29-23(21)3-1-4-24(29)31(40)37(25)26-7-8-28(38)35-30(26)39/h1,3-6,18-19,22,26-27H,2,7-17,33H2,(H,35,38,39)/b20-18-,34-19?. The molecule has 3 N–H and O–H groups in total. The van der Waals surface area contributed by atoms with Crippen LogP contribution in [0.2, 0.25) is 0 Å². The van der Waals surface area contributed by atoms with Gasteiger partial charge >= 0.3 is 0 Å². The number of imide groups is 1. The largest absolute Gasteiger partial charge is 0.404 e. The second-order valence-corrected chi connectivity index (χ2v) is 12.3. The van der Waals surface area contributed by atoms with Gasteiger partial charge in [-0.1, -0.05) is 24.6 Å². The molecule has 4 fully saturated rings. The quantitative estimate of drug-likeness (QED) is 0.428. The Labute approximate surface area is 234 Å². The fraction of sp³-hybridized carbons (Fsp3) is 0.500. The molecule has 0 bridgehead atoms. The van der Waals surface area contributed by atoms with Gasteiger partial charge in [-0.3, -0.25) is 34.5 Å². The Bertz CT molecular complexity index is 1440. The van der Waals surface area contributed by atoms with Crippen molar-refractivity contribution >= 4 is 40.4 Å². The average Bonchev–Trinajstić information content (AvgIpc) is 3.20. The van der Waals surface area contributed by atoms with Crippen LogP contribution in [0.4, 0.5) is 5.69 Å². The summed E-state index contributed by atoms with van der Waals surface area (Å²) in [6.45, 7) is 2.28. The zero-order valence-electron chi connectivity index (χ0n) is 22.9. The summed E-state index contributed by atoms with van der Waals surface area (Å²) in [5.41, 5.74) is 10.0. The van der Waals surface area contributed by atoms with Gasteiger partial charge < -0.3 is 5.73 Å². The van der Waals surface area contributed by atoms with Gasteiger partial charge in [-0.05, 0) is 85.2 Å². The van der Waals surface area contributed by atoms with Crippen LogP contribution in [0, 0.1) is 5.41 Å². The van der Waals surface area contributed by atoms with Crippen molar-refractivity contribution in [2.24, 2.45) is 16.1 Å². The monoisotopic (exact) mass is 539 g/mol. The van der Waals surface area contributed by atoms with Gasteiger partial charge in [0, 0.05) is 49.1 Å². The van der Waals surface area contributed by atoms with Crippen molar-refractivity contribution in [1.29, 1.82) is 0 Å². The molecule has 2 saturated carbocycles. The minimum absolute atomic E-state index is 0.195. The van der Waals surface area contributed by atoms with Gasteiger partial charge in [0.1, 0.15) is 6.04 Å². The Morgan fingerprint density at radius 2 is 1.88 bits per heavy atom. The van der Waals surface area contributed by atoms with E-state index in [1.807, 2.05) is 36.5 Å². The molecule has 0 aromatic heterocycles. The number of hydrogen-bond donors (Lipinski definition) is 2. The van der Waals surface area contributed by atoms with E-state index in [9.17, 15) is 14.4 Å². The predicted octanol–water partition coefficient (Wildman–Crippen LogP) is 3.86. The van der Waals surface area contributed by atoms with E-state index in [2.05, 4.69) is 10.2 Å². The lowest BCUT2D eigenvalue weighted by molar-refractivity contribution is -0.134. The molecule has 3 aliphatic heterocycles. The highest BCUT2D eigenvalue weighted by atomic mass is 16.2. The van der Waals surface area contributed by atoms with Crippen LogP contribution < -0.4 is 16.0 Å². The third-order valence-corrected chi connectivity index (χ3v) is 10.3. The van der Waals surface area contributed by atoms with Crippen molar-refractivity contribution in [3.8, 4) is 0 Å². The fourth-order valence-corrected chi connectivity index (χ4v) is 7.84. The van der Waals surface area contributed by atoms with Crippen LogP contribution in [0.5, 0.6) is 0 Å². The first-order valence-corrected chi connectivity index (χ1v) is 14.9. The molecule has 2 unspecified atom stereocenters. The zero-order valence-corrected chi connectivity index (χ0v) is 22.9. The molecule has 3 heterocycles. The van der Waals surface area contributed by atoms with E-state index in [-0.39, 0.29) is 18.2 Å². The van der Waals surface area contributed by atoms with E-state index in [4.69, 9.17) is 10.7 Å². The molecule has 8 nitrogen and oxygen atoms in total. The van der Waals surface area contributed by atoms with Gasteiger partial charge in [-0.25, -0.2) is 0 Å². The van der Waals surface area contributed by atoms with Crippen molar-refractivity contribution in [3.63, 3.8) is 0 Å². The van der Waals surface area contributed by atoms with Crippen molar-refractivity contribution in [3.05, 3.63) is 53.2 Å². The number of piperidine rings is 2. The lowest BCUT2D eigenvalue weighted by Crippen LogP contribution is -2.60. The number of hydrogen-bond acceptors (Lipinski definition) is 6. The molecular weight excluding hydrogens is 502 g/mol. The molecule has 5 aliphatic rings. The van der Waals surface area contributed by atoms with E-state index >= 15 is 0 Å². The number of benzene rings is 2. The second kappa shape index (κ2) is 9.84. The number of carbonyl (C=O) groups excluding carboxylic acids is 3. The van der Waals surface area contributed by atoms with Gasteiger partial charge in [0.2, 0.25) is 11.8 Å². The first-order chi connectivity index (χ1) is 19.5. The Hall–Kier alpha value is -3.52. The highest BCUT2D eigenvalue weighted by Crippen LogP contribution is 2.58. The Morgan fingerprint density at radius 3 is 2.55 bits per heavy atom. The summed E-state index contributed by atoms with van der Waals surface area (Å²) in [6.07, 6.45) is 14.0. The average molecular weight is 540 g/mol. The van der Waals surface area contributed by atoms with Crippen molar-refractivity contribution < 1.29 is 14.4 Å². The molecule has 208 valence electrons. The minimum Gasteiger partial charge on any atom is -0.404 e. The third-order valence-electron chi connectivity index (χ3n) is 10.3.